The summed E-state index contributed by atoms with van der Waals surface area (Å²) >= 11 is 0. The lowest BCUT2D eigenvalue weighted by Crippen LogP contribution is -2.64. The average Bonchev–Trinajstić information content (AvgIpc) is 3.37. The molecule has 0 bridgehead atoms. The highest BCUT2D eigenvalue weighted by Gasteiger charge is 2.54. The molecule has 0 aromatic heterocycles. The van der Waals surface area contributed by atoms with Gasteiger partial charge < -0.3 is 9.64 Å². The van der Waals surface area contributed by atoms with Gasteiger partial charge in [-0.2, -0.15) is 0 Å². The molecular weight excluding hydrogens is 406 g/mol. The first-order valence-electron chi connectivity index (χ1n) is 10.3. The molecule has 162 valence electrons. The SMILES string of the molecule is C=CCN1C(=O)C2C(N=C3N(c4cccc(OC)c4)C(c4ccccc4)=CN32)N(C)C1=O. The second-order valence-electron chi connectivity index (χ2n) is 7.74. The Balaban J connectivity index is 1.63. The second kappa shape index (κ2) is 7.56. The van der Waals surface area contributed by atoms with Gasteiger partial charge in [0.05, 0.1) is 18.5 Å². The summed E-state index contributed by atoms with van der Waals surface area (Å²) in [4.78, 5) is 37.5. The van der Waals surface area contributed by atoms with Crippen LogP contribution >= 0.6 is 0 Å². The van der Waals surface area contributed by atoms with Crippen LogP contribution in [0, 0.1) is 0 Å². The molecule has 3 aliphatic rings. The summed E-state index contributed by atoms with van der Waals surface area (Å²) in [6.07, 6.45) is 2.89. The molecule has 0 aliphatic carbocycles. The van der Waals surface area contributed by atoms with E-state index in [0.717, 1.165) is 16.9 Å². The molecule has 0 saturated carbocycles. The van der Waals surface area contributed by atoms with E-state index in [1.807, 2.05) is 70.6 Å². The zero-order chi connectivity index (χ0) is 22.4. The molecule has 3 amide bonds. The molecule has 2 aromatic carbocycles. The molecule has 0 radical (unpaired) electrons. The average molecular weight is 429 g/mol. The third kappa shape index (κ3) is 2.87. The minimum absolute atomic E-state index is 0.156. The van der Waals surface area contributed by atoms with E-state index in [0.29, 0.717) is 11.7 Å². The summed E-state index contributed by atoms with van der Waals surface area (Å²) in [6.45, 7) is 3.84. The first-order valence-corrected chi connectivity index (χ1v) is 10.3. The largest absolute Gasteiger partial charge is 0.497 e. The lowest BCUT2D eigenvalue weighted by Gasteiger charge is -2.39. The molecule has 1 fully saturated rings. The Kier molecular flexibility index (Phi) is 4.70. The maximum Gasteiger partial charge on any atom is 0.328 e. The predicted molar refractivity (Wildman–Crippen MR) is 122 cm³/mol. The van der Waals surface area contributed by atoms with Crippen molar-refractivity contribution in [2.45, 2.75) is 12.2 Å². The van der Waals surface area contributed by atoms with Crippen LogP contribution in [0.15, 0.2) is 78.4 Å². The number of anilines is 1. The van der Waals surface area contributed by atoms with E-state index >= 15 is 0 Å². The molecular formula is C24H23N5O3. The van der Waals surface area contributed by atoms with Gasteiger partial charge in [-0.3, -0.25) is 19.5 Å². The number of methoxy groups -OCH3 is 1. The van der Waals surface area contributed by atoms with E-state index in [-0.39, 0.29) is 18.5 Å². The van der Waals surface area contributed by atoms with Gasteiger partial charge in [0, 0.05) is 31.4 Å². The van der Waals surface area contributed by atoms with E-state index in [2.05, 4.69) is 6.58 Å². The van der Waals surface area contributed by atoms with Gasteiger partial charge >= 0.3 is 6.03 Å². The Labute approximate surface area is 186 Å². The highest BCUT2D eigenvalue weighted by atomic mass is 16.5. The Morgan fingerprint density at radius 1 is 1.12 bits per heavy atom. The van der Waals surface area contributed by atoms with Gasteiger partial charge in [-0.05, 0) is 12.1 Å². The number of nitrogens with zero attached hydrogens (tertiary/aromatic N) is 5. The van der Waals surface area contributed by atoms with Crippen molar-refractivity contribution >= 4 is 29.3 Å². The van der Waals surface area contributed by atoms with Gasteiger partial charge in [-0.15, -0.1) is 6.58 Å². The number of guanidine groups is 1. The predicted octanol–water partition coefficient (Wildman–Crippen LogP) is 2.96. The van der Waals surface area contributed by atoms with Gasteiger partial charge in [-0.25, -0.2) is 9.79 Å². The minimum Gasteiger partial charge on any atom is -0.497 e. The lowest BCUT2D eigenvalue weighted by molar-refractivity contribution is -0.136. The van der Waals surface area contributed by atoms with Crippen LogP contribution in [0.5, 0.6) is 5.75 Å². The van der Waals surface area contributed by atoms with Gasteiger partial charge in [0.15, 0.2) is 12.2 Å². The summed E-state index contributed by atoms with van der Waals surface area (Å²) in [6, 6.07) is 16.6. The summed E-state index contributed by atoms with van der Waals surface area (Å²) < 4.78 is 5.43. The van der Waals surface area contributed by atoms with Crippen LogP contribution in [0.25, 0.3) is 5.70 Å². The van der Waals surface area contributed by atoms with Crippen LogP contribution in [-0.4, -0.2) is 65.5 Å². The zero-order valence-electron chi connectivity index (χ0n) is 17.9. The van der Waals surface area contributed by atoms with E-state index < -0.39 is 12.2 Å². The number of rotatable bonds is 5. The van der Waals surface area contributed by atoms with Crippen molar-refractivity contribution in [2.24, 2.45) is 4.99 Å². The van der Waals surface area contributed by atoms with E-state index in [1.165, 1.54) is 9.80 Å². The summed E-state index contributed by atoms with van der Waals surface area (Å²) in [5, 5.41) is 0. The van der Waals surface area contributed by atoms with Crippen LogP contribution in [-0.2, 0) is 4.79 Å². The highest BCUT2D eigenvalue weighted by molar-refractivity contribution is 6.16. The Bertz CT molecular complexity index is 1160. The number of amides is 3. The van der Waals surface area contributed by atoms with E-state index in [9.17, 15) is 9.59 Å². The number of carbonyl (C=O) groups is 2. The monoisotopic (exact) mass is 429 g/mol. The molecule has 2 atom stereocenters. The Morgan fingerprint density at radius 2 is 1.91 bits per heavy atom. The lowest BCUT2D eigenvalue weighted by atomic mass is 10.1. The van der Waals surface area contributed by atoms with Crippen LogP contribution in [0.1, 0.15) is 5.56 Å². The Hall–Kier alpha value is -4.07. The van der Waals surface area contributed by atoms with Crippen LogP contribution in [0.2, 0.25) is 0 Å². The van der Waals surface area contributed by atoms with Crippen LogP contribution in [0.3, 0.4) is 0 Å². The summed E-state index contributed by atoms with van der Waals surface area (Å²) in [5.74, 6) is 1.03. The molecule has 2 unspecified atom stereocenters. The fourth-order valence-electron chi connectivity index (χ4n) is 4.35. The van der Waals surface area contributed by atoms with E-state index in [4.69, 9.17) is 9.73 Å². The zero-order valence-corrected chi connectivity index (χ0v) is 17.9. The summed E-state index contributed by atoms with van der Waals surface area (Å²) in [5.41, 5.74) is 2.72. The van der Waals surface area contributed by atoms with Crippen LogP contribution in [0.4, 0.5) is 10.5 Å². The number of hydrogen-bond acceptors (Lipinski definition) is 6. The third-order valence-electron chi connectivity index (χ3n) is 5.90. The van der Waals surface area contributed by atoms with Crippen molar-refractivity contribution in [3.8, 4) is 5.75 Å². The normalized spacial score (nSPS) is 21.9. The summed E-state index contributed by atoms with van der Waals surface area (Å²) in [7, 11) is 3.30. The minimum atomic E-state index is -0.637. The maximum absolute atomic E-state index is 13.3. The van der Waals surface area contributed by atoms with Crippen molar-refractivity contribution in [2.75, 3.05) is 25.6 Å². The van der Waals surface area contributed by atoms with Crippen molar-refractivity contribution in [3.63, 3.8) is 0 Å². The maximum atomic E-state index is 13.3. The number of likely N-dealkylation sites (N-methyl/N-ethyl adjacent to an activating group) is 1. The first-order chi connectivity index (χ1) is 15.5. The molecule has 2 aromatic rings. The third-order valence-corrected chi connectivity index (χ3v) is 5.90. The molecule has 32 heavy (non-hydrogen) atoms. The van der Waals surface area contributed by atoms with E-state index in [1.54, 1.807) is 20.2 Å². The number of hydrogen-bond donors (Lipinski definition) is 0. The number of imide groups is 1. The number of carbonyl (C=O) groups excluding carboxylic acids is 2. The van der Waals surface area contributed by atoms with Gasteiger partial charge in [0.2, 0.25) is 5.96 Å². The molecule has 5 rings (SSSR count). The fraction of sp³-hybridized carbons (Fsp3) is 0.208. The Morgan fingerprint density at radius 3 is 2.62 bits per heavy atom. The van der Waals surface area contributed by atoms with Gasteiger partial charge in [0.25, 0.3) is 5.91 Å². The number of urea groups is 1. The van der Waals surface area contributed by atoms with Crippen LogP contribution < -0.4 is 9.64 Å². The molecule has 3 aliphatic heterocycles. The number of ether oxygens (including phenoxy) is 1. The second-order valence-corrected chi connectivity index (χ2v) is 7.74. The smallest absolute Gasteiger partial charge is 0.328 e. The first kappa shape index (κ1) is 19.9. The number of fused-ring (bicyclic) bond motifs is 3. The highest BCUT2D eigenvalue weighted by Crippen LogP contribution is 2.40. The molecule has 1 saturated heterocycles. The topological polar surface area (TPSA) is 68.7 Å². The molecule has 8 nitrogen and oxygen atoms in total. The van der Waals surface area contributed by atoms with Gasteiger partial charge in [0.1, 0.15) is 5.75 Å². The number of benzene rings is 2. The van der Waals surface area contributed by atoms with Crippen molar-refractivity contribution < 1.29 is 14.3 Å². The standard InChI is InChI=1S/C24H23N5O3/c1-4-13-27-22(30)20-21(26(2)24(27)31)25-23-28(20)15-19(16-9-6-5-7-10-16)29(23)17-11-8-12-18(14-17)32-3/h4-12,14-15,20-21H,1,13H2,2-3H3. The number of aliphatic imine (C=N–C) groups is 1. The van der Waals surface area contributed by atoms with Crippen molar-refractivity contribution in [1.29, 1.82) is 0 Å². The van der Waals surface area contributed by atoms with Crippen molar-refractivity contribution in [1.82, 2.24) is 14.7 Å². The van der Waals surface area contributed by atoms with Crippen molar-refractivity contribution in [3.05, 3.63) is 79.0 Å². The fourth-order valence-corrected chi connectivity index (χ4v) is 4.35. The van der Waals surface area contributed by atoms with Gasteiger partial charge in [-0.1, -0.05) is 42.5 Å². The molecule has 0 N–H and O–H groups in total. The molecule has 0 spiro atoms. The molecule has 3 heterocycles. The molecule has 8 heteroatoms. The quantitative estimate of drug-likeness (QED) is 0.684.